The van der Waals surface area contributed by atoms with E-state index in [0.29, 0.717) is 0 Å². The Kier molecular flexibility index (Phi) is 3.96. The summed E-state index contributed by atoms with van der Waals surface area (Å²) < 4.78 is 1.12. The topological polar surface area (TPSA) is 49.8 Å². The van der Waals surface area contributed by atoms with E-state index in [9.17, 15) is 0 Å². The standard InChI is InChI=1S/C11H13BrN4S/c1-7-10(13-2)15-6-16-11(7)14-4-9-3-8(12)5-17-9/h3,5-6H,4H2,1-2H3,(H2,13,14,15,16). The highest BCUT2D eigenvalue weighted by molar-refractivity contribution is 9.10. The molecule has 0 radical (unpaired) electrons. The van der Waals surface area contributed by atoms with Crippen molar-refractivity contribution in [3.05, 3.63) is 32.7 Å². The quantitative estimate of drug-likeness (QED) is 0.909. The summed E-state index contributed by atoms with van der Waals surface area (Å²) in [5, 5.41) is 8.43. The van der Waals surface area contributed by atoms with Crippen LogP contribution in [-0.4, -0.2) is 17.0 Å². The highest BCUT2D eigenvalue weighted by Gasteiger charge is 2.05. The summed E-state index contributed by atoms with van der Waals surface area (Å²) >= 11 is 5.16. The molecule has 0 saturated carbocycles. The van der Waals surface area contributed by atoms with E-state index in [1.807, 2.05) is 14.0 Å². The molecule has 2 aromatic heterocycles. The predicted molar refractivity (Wildman–Crippen MR) is 75.7 cm³/mol. The van der Waals surface area contributed by atoms with Crippen LogP contribution in [0.3, 0.4) is 0 Å². The van der Waals surface area contributed by atoms with Gasteiger partial charge >= 0.3 is 0 Å². The molecule has 4 nitrogen and oxygen atoms in total. The zero-order chi connectivity index (χ0) is 12.3. The number of anilines is 2. The molecule has 0 amide bonds. The maximum absolute atomic E-state index is 4.24. The number of halogens is 1. The van der Waals surface area contributed by atoms with E-state index in [-0.39, 0.29) is 0 Å². The van der Waals surface area contributed by atoms with Gasteiger partial charge in [0.1, 0.15) is 18.0 Å². The summed E-state index contributed by atoms with van der Waals surface area (Å²) in [6.45, 7) is 2.77. The lowest BCUT2D eigenvalue weighted by Gasteiger charge is -2.09. The van der Waals surface area contributed by atoms with Crippen molar-refractivity contribution in [3.8, 4) is 0 Å². The van der Waals surface area contributed by atoms with Crippen LogP contribution >= 0.6 is 27.3 Å². The van der Waals surface area contributed by atoms with Gasteiger partial charge in [0.2, 0.25) is 0 Å². The summed E-state index contributed by atoms with van der Waals surface area (Å²) in [6.07, 6.45) is 1.56. The predicted octanol–water partition coefficient (Wildman–Crippen LogP) is 3.26. The van der Waals surface area contributed by atoms with E-state index in [1.54, 1.807) is 17.7 Å². The Hall–Kier alpha value is -1.14. The van der Waals surface area contributed by atoms with Gasteiger partial charge in [0.05, 0.1) is 6.54 Å². The van der Waals surface area contributed by atoms with E-state index in [2.05, 4.69) is 48.0 Å². The first-order valence-corrected chi connectivity index (χ1v) is 6.84. The molecule has 0 spiro atoms. The molecule has 90 valence electrons. The second-order valence-corrected chi connectivity index (χ2v) is 5.44. The molecule has 17 heavy (non-hydrogen) atoms. The Morgan fingerprint density at radius 3 is 2.76 bits per heavy atom. The van der Waals surface area contributed by atoms with Crippen LogP contribution in [0.2, 0.25) is 0 Å². The number of nitrogens with zero attached hydrogens (tertiary/aromatic N) is 2. The summed E-state index contributed by atoms with van der Waals surface area (Å²) in [5.41, 5.74) is 1.03. The van der Waals surface area contributed by atoms with Crippen LogP contribution in [0.15, 0.2) is 22.2 Å². The van der Waals surface area contributed by atoms with Crippen molar-refractivity contribution >= 4 is 38.9 Å². The Bertz CT molecular complexity index is 512. The molecule has 2 N–H and O–H groups in total. The third-order valence-corrected chi connectivity index (χ3v) is 4.07. The van der Waals surface area contributed by atoms with Crippen LogP contribution in [0.25, 0.3) is 0 Å². The fourth-order valence-electron chi connectivity index (χ4n) is 1.50. The maximum atomic E-state index is 4.24. The summed E-state index contributed by atoms with van der Waals surface area (Å²) in [7, 11) is 1.86. The molecular weight excluding hydrogens is 300 g/mol. The molecule has 0 saturated heterocycles. The molecule has 0 unspecified atom stereocenters. The molecular formula is C11H13BrN4S. The summed E-state index contributed by atoms with van der Waals surface area (Å²) in [5.74, 6) is 1.73. The Labute approximate surface area is 113 Å². The molecule has 0 aliphatic carbocycles. The lowest BCUT2D eigenvalue weighted by atomic mass is 10.3. The number of thiophene rings is 1. The third-order valence-electron chi connectivity index (χ3n) is 2.37. The molecule has 0 aliphatic rings. The van der Waals surface area contributed by atoms with Gasteiger partial charge in [-0.15, -0.1) is 11.3 Å². The minimum atomic E-state index is 0.775. The lowest BCUT2D eigenvalue weighted by Crippen LogP contribution is -2.05. The van der Waals surface area contributed by atoms with Crippen LogP contribution < -0.4 is 10.6 Å². The first-order chi connectivity index (χ1) is 8.20. The van der Waals surface area contributed by atoms with E-state index in [4.69, 9.17) is 0 Å². The van der Waals surface area contributed by atoms with E-state index in [1.165, 1.54) is 4.88 Å². The SMILES string of the molecule is CNc1ncnc(NCc2cc(Br)cs2)c1C. The van der Waals surface area contributed by atoms with Gasteiger partial charge in [-0.05, 0) is 28.9 Å². The zero-order valence-corrected chi connectivity index (χ0v) is 12.0. The minimum absolute atomic E-state index is 0.775. The second kappa shape index (κ2) is 5.46. The maximum Gasteiger partial charge on any atom is 0.134 e. The monoisotopic (exact) mass is 312 g/mol. The van der Waals surface area contributed by atoms with Gasteiger partial charge in [0.15, 0.2) is 0 Å². The molecule has 0 aromatic carbocycles. The average Bonchev–Trinajstić information content (AvgIpc) is 2.74. The fourth-order valence-corrected chi connectivity index (χ4v) is 2.89. The van der Waals surface area contributed by atoms with Crippen LogP contribution in [-0.2, 0) is 6.54 Å². The Morgan fingerprint density at radius 1 is 1.35 bits per heavy atom. The molecule has 2 aromatic rings. The molecule has 0 fully saturated rings. The van der Waals surface area contributed by atoms with Crippen LogP contribution in [0.1, 0.15) is 10.4 Å². The van der Waals surface area contributed by atoms with Gasteiger partial charge in [-0.25, -0.2) is 9.97 Å². The molecule has 6 heteroatoms. The number of rotatable bonds is 4. The molecule has 0 atom stereocenters. The smallest absolute Gasteiger partial charge is 0.134 e. The van der Waals surface area contributed by atoms with Gasteiger partial charge < -0.3 is 10.6 Å². The highest BCUT2D eigenvalue weighted by Crippen LogP contribution is 2.22. The van der Waals surface area contributed by atoms with Gasteiger partial charge in [0, 0.05) is 27.3 Å². The van der Waals surface area contributed by atoms with Crippen molar-refractivity contribution in [2.45, 2.75) is 13.5 Å². The zero-order valence-electron chi connectivity index (χ0n) is 9.62. The van der Waals surface area contributed by atoms with E-state index < -0.39 is 0 Å². The lowest BCUT2D eigenvalue weighted by molar-refractivity contribution is 1.07. The van der Waals surface area contributed by atoms with Gasteiger partial charge in [-0.2, -0.15) is 0 Å². The van der Waals surface area contributed by atoms with Crippen molar-refractivity contribution in [2.75, 3.05) is 17.7 Å². The number of hydrogen-bond donors (Lipinski definition) is 2. The summed E-state index contributed by atoms with van der Waals surface area (Å²) in [6, 6.07) is 2.10. The second-order valence-electron chi connectivity index (χ2n) is 3.53. The van der Waals surface area contributed by atoms with Crippen LogP contribution in [0.5, 0.6) is 0 Å². The molecule has 0 aliphatic heterocycles. The minimum Gasteiger partial charge on any atom is -0.373 e. The molecule has 0 bridgehead atoms. The van der Waals surface area contributed by atoms with E-state index >= 15 is 0 Å². The van der Waals surface area contributed by atoms with Crippen molar-refractivity contribution in [1.82, 2.24) is 9.97 Å². The number of aromatic nitrogens is 2. The first-order valence-electron chi connectivity index (χ1n) is 5.17. The number of nitrogens with one attached hydrogen (secondary N) is 2. The molecule has 2 heterocycles. The van der Waals surface area contributed by atoms with E-state index in [0.717, 1.165) is 28.2 Å². The van der Waals surface area contributed by atoms with Crippen LogP contribution in [0.4, 0.5) is 11.6 Å². The van der Waals surface area contributed by atoms with Crippen molar-refractivity contribution in [3.63, 3.8) is 0 Å². The third kappa shape index (κ3) is 2.95. The van der Waals surface area contributed by atoms with Gasteiger partial charge in [0.25, 0.3) is 0 Å². The average molecular weight is 313 g/mol. The first kappa shape index (κ1) is 12.3. The Balaban J connectivity index is 2.09. The summed E-state index contributed by atoms with van der Waals surface area (Å²) in [4.78, 5) is 9.65. The fraction of sp³-hybridized carbons (Fsp3) is 0.273. The Morgan fingerprint density at radius 2 is 2.12 bits per heavy atom. The number of hydrogen-bond acceptors (Lipinski definition) is 5. The molecule has 2 rings (SSSR count). The van der Waals surface area contributed by atoms with Gasteiger partial charge in [-0.1, -0.05) is 0 Å². The van der Waals surface area contributed by atoms with Crippen molar-refractivity contribution in [2.24, 2.45) is 0 Å². The van der Waals surface area contributed by atoms with Crippen molar-refractivity contribution in [1.29, 1.82) is 0 Å². The highest BCUT2D eigenvalue weighted by atomic mass is 79.9. The normalized spacial score (nSPS) is 10.3. The van der Waals surface area contributed by atoms with Gasteiger partial charge in [-0.3, -0.25) is 0 Å². The van der Waals surface area contributed by atoms with Crippen LogP contribution in [0, 0.1) is 6.92 Å². The largest absolute Gasteiger partial charge is 0.373 e. The van der Waals surface area contributed by atoms with Crippen molar-refractivity contribution < 1.29 is 0 Å².